The molecule has 29 heavy (non-hydrogen) atoms. The van der Waals surface area contributed by atoms with Crippen LogP contribution in [0.1, 0.15) is 24.5 Å². The third-order valence-electron chi connectivity index (χ3n) is 4.43. The van der Waals surface area contributed by atoms with Gasteiger partial charge in [-0.05, 0) is 36.2 Å². The quantitative estimate of drug-likeness (QED) is 0.582. The summed E-state index contributed by atoms with van der Waals surface area (Å²) in [5.74, 6) is 0.00116. The molecule has 0 saturated heterocycles. The Kier molecular flexibility index (Phi) is 9.27. The van der Waals surface area contributed by atoms with Crippen molar-refractivity contribution in [3.05, 3.63) is 69.5 Å². The molecule has 0 saturated carbocycles. The standard InChI is InChI=1S/C21H23Cl2FN2O2S/c1-3-19(21(28)25-2)26(11-16-17(22)5-4-6-18(16)23)20(27)13-29-12-14-7-9-15(24)10-8-14/h4-10,19H,3,11-13H2,1-2H3,(H,25,28). The van der Waals surface area contributed by atoms with Crippen LogP contribution in [0.15, 0.2) is 42.5 Å². The van der Waals surface area contributed by atoms with Crippen molar-refractivity contribution in [1.82, 2.24) is 10.2 Å². The second-order valence-electron chi connectivity index (χ2n) is 6.38. The molecule has 8 heteroatoms. The molecule has 0 fully saturated rings. The largest absolute Gasteiger partial charge is 0.357 e. The van der Waals surface area contributed by atoms with Crippen molar-refractivity contribution < 1.29 is 14.0 Å². The van der Waals surface area contributed by atoms with E-state index in [1.165, 1.54) is 28.8 Å². The first-order chi connectivity index (χ1) is 13.9. The molecule has 0 spiro atoms. The van der Waals surface area contributed by atoms with Crippen LogP contribution < -0.4 is 5.32 Å². The summed E-state index contributed by atoms with van der Waals surface area (Å²) < 4.78 is 13.0. The van der Waals surface area contributed by atoms with Crippen molar-refractivity contribution in [1.29, 1.82) is 0 Å². The van der Waals surface area contributed by atoms with E-state index in [-0.39, 0.29) is 29.9 Å². The smallest absolute Gasteiger partial charge is 0.242 e. The molecule has 1 unspecified atom stereocenters. The Morgan fingerprint density at radius 3 is 2.31 bits per heavy atom. The maximum absolute atomic E-state index is 13.0. The van der Waals surface area contributed by atoms with Gasteiger partial charge in [-0.3, -0.25) is 9.59 Å². The van der Waals surface area contributed by atoms with Gasteiger partial charge in [-0.25, -0.2) is 4.39 Å². The van der Waals surface area contributed by atoms with Crippen LogP contribution in [-0.2, 0) is 21.9 Å². The highest BCUT2D eigenvalue weighted by molar-refractivity contribution is 7.99. The molecule has 0 aromatic heterocycles. The summed E-state index contributed by atoms with van der Waals surface area (Å²) >= 11 is 14.0. The zero-order valence-corrected chi connectivity index (χ0v) is 18.6. The van der Waals surface area contributed by atoms with Gasteiger partial charge in [-0.1, -0.05) is 48.3 Å². The second kappa shape index (κ2) is 11.4. The topological polar surface area (TPSA) is 49.4 Å². The first-order valence-corrected chi connectivity index (χ1v) is 11.0. The molecule has 2 amide bonds. The van der Waals surface area contributed by atoms with Gasteiger partial charge in [0, 0.05) is 35.0 Å². The molecule has 4 nitrogen and oxygen atoms in total. The zero-order valence-electron chi connectivity index (χ0n) is 16.3. The lowest BCUT2D eigenvalue weighted by Gasteiger charge is -2.30. The van der Waals surface area contributed by atoms with Crippen LogP contribution in [0.2, 0.25) is 10.0 Å². The number of rotatable bonds is 9. The molecule has 2 aromatic carbocycles. The Labute approximate surface area is 184 Å². The summed E-state index contributed by atoms with van der Waals surface area (Å²) in [5, 5.41) is 3.50. The van der Waals surface area contributed by atoms with Gasteiger partial charge in [0.1, 0.15) is 11.9 Å². The molecule has 0 bridgehead atoms. The number of likely N-dealkylation sites (N-methyl/N-ethyl adjacent to an activating group) is 1. The monoisotopic (exact) mass is 456 g/mol. The fourth-order valence-corrected chi connectivity index (χ4v) is 4.25. The average molecular weight is 457 g/mol. The first-order valence-electron chi connectivity index (χ1n) is 9.13. The van der Waals surface area contributed by atoms with E-state index in [4.69, 9.17) is 23.2 Å². The van der Waals surface area contributed by atoms with Crippen LogP contribution in [0.3, 0.4) is 0 Å². The summed E-state index contributed by atoms with van der Waals surface area (Å²) in [5.41, 5.74) is 1.53. The van der Waals surface area contributed by atoms with Crippen molar-refractivity contribution in [2.45, 2.75) is 31.7 Å². The van der Waals surface area contributed by atoms with Gasteiger partial charge in [0.15, 0.2) is 0 Å². The van der Waals surface area contributed by atoms with Gasteiger partial charge in [0.25, 0.3) is 0 Å². The minimum atomic E-state index is -0.633. The number of hydrogen-bond acceptors (Lipinski definition) is 3. The van der Waals surface area contributed by atoms with Crippen LogP contribution in [0.25, 0.3) is 0 Å². The highest BCUT2D eigenvalue weighted by Gasteiger charge is 2.29. The molecule has 0 aliphatic heterocycles. The summed E-state index contributed by atoms with van der Waals surface area (Å²) in [6.45, 7) is 1.99. The van der Waals surface area contributed by atoms with Crippen molar-refractivity contribution in [2.75, 3.05) is 12.8 Å². The Hall–Kier alpha value is -1.76. The van der Waals surface area contributed by atoms with Gasteiger partial charge < -0.3 is 10.2 Å². The van der Waals surface area contributed by atoms with Crippen molar-refractivity contribution in [2.24, 2.45) is 0 Å². The Balaban J connectivity index is 2.15. The van der Waals surface area contributed by atoms with Gasteiger partial charge >= 0.3 is 0 Å². The number of halogens is 3. The molecule has 1 atom stereocenters. The van der Waals surface area contributed by atoms with E-state index in [0.717, 1.165) is 5.56 Å². The van der Waals surface area contributed by atoms with Gasteiger partial charge in [0.05, 0.1) is 5.75 Å². The van der Waals surface area contributed by atoms with Crippen LogP contribution in [0.4, 0.5) is 4.39 Å². The molecular formula is C21H23Cl2FN2O2S. The predicted octanol–water partition coefficient (Wildman–Crippen LogP) is 4.92. The Bertz CT molecular complexity index is 829. The van der Waals surface area contributed by atoms with Gasteiger partial charge in [0.2, 0.25) is 11.8 Å². The summed E-state index contributed by atoms with van der Waals surface area (Å²) in [7, 11) is 1.54. The number of carbonyl (C=O) groups excluding carboxylic acids is 2. The number of thioether (sulfide) groups is 1. The van der Waals surface area contributed by atoms with E-state index in [0.29, 0.717) is 27.8 Å². The third kappa shape index (κ3) is 6.63. The Morgan fingerprint density at radius 1 is 1.14 bits per heavy atom. The lowest BCUT2D eigenvalue weighted by molar-refractivity contribution is -0.139. The maximum atomic E-state index is 13.0. The van der Waals surface area contributed by atoms with Crippen LogP contribution in [0, 0.1) is 5.82 Å². The number of hydrogen-bond donors (Lipinski definition) is 1. The molecule has 2 rings (SSSR count). The summed E-state index contributed by atoms with van der Waals surface area (Å²) in [4.78, 5) is 26.9. The lowest BCUT2D eigenvalue weighted by Crippen LogP contribution is -2.48. The SMILES string of the molecule is CCC(C(=O)NC)N(Cc1c(Cl)cccc1Cl)C(=O)CSCc1ccc(F)cc1. The number of nitrogens with one attached hydrogen (secondary N) is 1. The van der Waals surface area contributed by atoms with E-state index >= 15 is 0 Å². The number of nitrogens with zero attached hydrogens (tertiary/aromatic N) is 1. The van der Waals surface area contributed by atoms with Crippen LogP contribution in [0.5, 0.6) is 0 Å². The summed E-state index contributed by atoms with van der Waals surface area (Å²) in [6.07, 6.45) is 0.454. The fourth-order valence-electron chi connectivity index (χ4n) is 2.86. The predicted molar refractivity (Wildman–Crippen MR) is 118 cm³/mol. The Morgan fingerprint density at radius 2 is 1.76 bits per heavy atom. The molecule has 0 aliphatic carbocycles. The minimum absolute atomic E-state index is 0.139. The van der Waals surface area contributed by atoms with Crippen molar-refractivity contribution >= 4 is 46.8 Å². The molecule has 0 heterocycles. The maximum Gasteiger partial charge on any atom is 0.242 e. The number of amides is 2. The van der Waals surface area contributed by atoms with E-state index in [9.17, 15) is 14.0 Å². The lowest BCUT2D eigenvalue weighted by atomic mass is 10.1. The molecule has 0 aliphatic rings. The first kappa shape index (κ1) is 23.5. The van der Waals surface area contributed by atoms with Crippen LogP contribution in [-0.4, -0.2) is 35.6 Å². The van der Waals surface area contributed by atoms with Gasteiger partial charge in [-0.15, -0.1) is 11.8 Å². The average Bonchev–Trinajstić information content (AvgIpc) is 2.71. The highest BCUT2D eigenvalue weighted by Crippen LogP contribution is 2.27. The zero-order chi connectivity index (χ0) is 21.4. The van der Waals surface area contributed by atoms with Crippen LogP contribution >= 0.6 is 35.0 Å². The number of benzene rings is 2. The minimum Gasteiger partial charge on any atom is -0.357 e. The van der Waals surface area contributed by atoms with E-state index < -0.39 is 6.04 Å². The third-order valence-corrected chi connectivity index (χ3v) is 6.13. The highest BCUT2D eigenvalue weighted by atomic mass is 35.5. The molecule has 1 N–H and O–H groups in total. The molecule has 156 valence electrons. The second-order valence-corrected chi connectivity index (χ2v) is 8.18. The van der Waals surface area contributed by atoms with E-state index in [1.54, 1.807) is 37.4 Å². The number of carbonyl (C=O) groups is 2. The van der Waals surface area contributed by atoms with E-state index in [1.807, 2.05) is 6.92 Å². The fraction of sp³-hybridized carbons (Fsp3) is 0.333. The molecule has 2 aromatic rings. The normalized spacial score (nSPS) is 11.8. The molecule has 0 radical (unpaired) electrons. The van der Waals surface area contributed by atoms with Crippen molar-refractivity contribution in [3.8, 4) is 0 Å². The van der Waals surface area contributed by atoms with Crippen molar-refractivity contribution in [3.63, 3.8) is 0 Å². The molecular weight excluding hydrogens is 434 g/mol. The summed E-state index contributed by atoms with van der Waals surface area (Å²) in [6, 6.07) is 10.7. The van der Waals surface area contributed by atoms with Gasteiger partial charge in [-0.2, -0.15) is 0 Å². The van der Waals surface area contributed by atoms with E-state index in [2.05, 4.69) is 5.32 Å².